The van der Waals surface area contributed by atoms with Gasteiger partial charge in [0.25, 0.3) is 0 Å². The fraction of sp³-hybridized carbons (Fsp3) is 0.909. The highest BCUT2D eigenvalue weighted by atomic mass is 32.2. The molecule has 0 aromatic rings. The van der Waals surface area contributed by atoms with E-state index in [1.54, 1.807) is 11.8 Å². The molecular formula is C11H22N2O2S. The molecule has 1 saturated carbocycles. The zero-order chi connectivity index (χ0) is 12.2. The number of thioether (sulfide) groups is 1. The summed E-state index contributed by atoms with van der Waals surface area (Å²) in [6.45, 7) is 2.00. The maximum atomic E-state index is 11.7. The number of carbonyl (C=O) groups is 1. The molecule has 16 heavy (non-hydrogen) atoms. The van der Waals surface area contributed by atoms with E-state index in [9.17, 15) is 4.79 Å². The zero-order valence-electron chi connectivity index (χ0n) is 10.0. The van der Waals surface area contributed by atoms with Crippen LogP contribution in [0.5, 0.6) is 0 Å². The first-order valence-corrected chi connectivity index (χ1v) is 7.01. The zero-order valence-corrected chi connectivity index (χ0v) is 10.8. The minimum absolute atomic E-state index is 0.00204. The Kier molecular flexibility index (Phi) is 5.08. The Morgan fingerprint density at radius 2 is 2.25 bits per heavy atom. The summed E-state index contributed by atoms with van der Waals surface area (Å²) in [7, 11) is 0. The van der Waals surface area contributed by atoms with E-state index < -0.39 is 0 Å². The molecule has 0 aromatic heterocycles. The summed E-state index contributed by atoms with van der Waals surface area (Å²) in [5, 5.41) is 12.1. The number of nitrogens with two attached hydrogens (primary N) is 1. The second kappa shape index (κ2) is 5.89. The quantitative estimate of drug-likeness (QED) is 0.637. The highest BCUT2D eigenvalue weighted by Gasteiger charge is 2.35. The van der Waals surface area contributed by atoms with E-state index in [0.29, 0.717) is 6.42 Å². The van der Waals surface area contributed by atoms with E-state index in [4.69, 9.17) is 10.8 Å². The molecule has 0 bridgehead atoms. The second-order valence-electron chi connectivity index (χ2n) is 4.71. The molecule has 4 nitrogen and oxygen atoms in total. The van der Waals surface area contributed by atoms with Crippen LogP contribution >= 0.6 is 11.8 Å². The van der Waals surface area contributed by atoms with Gasteiger partial charge in [0.05, 0.1) is 6.61 Å². The minimum Gasteiger partial charge on any atom is -0.395 e. The average Bonchev–Trinajstić information content (AvgIpc) is 2.16. The molecule has 0 spiro atoms. The molecule has 1 rings (SSSR count). The number of amides is 1. The number of aliphatic hydroxyl groups is 1. The number of hydrogen-bond donors (Lipinski definition) is 3. The van der Waals surface area contributed by atoms with Crippen LogP contribution < -0.4 is 11.1 Å². The summed E-state index contributed by atoms with van der Waals surface area (Å²) in [6.07, 6.45) is 5.36. The van der Waals surface area contributed by atoms with Gasteiger partial charge in [-0.3, -0.25) is 4.79 Å². The Labute approximate surface area is 101 Å². The minimum atomic E-state index is -0.266. The van der Waals surface area contributed by atoms with Crippen molar-refractivity contribution >= 4 is 17.7 Å². The molecule has 2 atom stereocenters. The normalized spacial score (nSPS) is 22.0. The van der Waals surface area contributed by atoms with Crippen LogP contribution in [0.2, 0.25) is 0 Å². The van der Waals surface area contributed by atoms with Gasteiger partial charge in [-0.2, -0.15) is 11.8 Å². The lowest BCUT2D eigenvalue weighted by Crippen LogP contribution is -2.51. The predicted octanol–water partition coefficient (Wildman–Crippen LogP) is 0.486. The van der Waals surface area contributed by atoms with Crippen molar-refractivity contribution < 1.29 is 9.90 Å². The molecule has 2 unspecified atom stereocenters. The Balaban J connectivity index is 2.32. The molecule has 4 N–H and O–H groups in total. The summed E-state index contributed by atoms with van der Waals surface area (Å²) in [6, 6.07) is -0.0174. The Morgan fingerprint density at radius 3 is 2.62 bits per heavy atom. The lowest BCUT2D eigenvalue weighted by atomic mass is 9.75. The standard InChI is InChI=1S/C11H22N2O2S/c1-8(9(7-14)16-2)13-10(15)6-11(12)4-3-5-11/h8-9,14H,3-7,12H2,1-2H3,(H,13,15). The SMILES string of the molecule is CSC(CO)C(C)NC(=O)CC1(N)CCC1. The van der Waals surface area contributed by atoms with Crippen LogP contribution in [0.1, 0.15) is 32.6 Å². The predicted molar refractivity (Wildman–Crippen MR) is 67.4 cm³/mol. The molecule has 1 fully saturated rings. The molecule has 5 heteroatoms. The topological polar surface area (TPSA) is 75.3 Å². The van der Waals surface area contributed by atoms with Crippen LogP contribution in [0.25, 0.3) is 0 Å². The van der Waals surface area contributed by atoms with E-state index in [-0.39, 0.29) is 29.3 Å². The average molecular weight is 246 g/mol. The van der Waals surface area contributed by atoms with Crippen LogP contribution in [0.4, 0.5) is 0 Å². The van der Waals surface area contributed by atoms with Crippen molar-refractivity contribution in [2.45, 2.75) is 49.4 Å². The molecule has 1 aliphatic rings. The Bertz CT molecular complexity index is 240. The third-order valence-corrected chi connectivity index (χ3v) is 4.45. The van der Waals surface area contributed by atoms with Gasteiger partial charge < -0.3 is 16.2 Å². The first kappa shape index (κ1) is 13.8. The number of nitrogens with one attached hydrogen (secondary N) is 1. The van der Waals surface area contributed by atoms with Crippen LogP contribution in [-0.2, 0) is 4.79 Å². The van der Waals surface area contributed by atoms with E-state index in [1.165, 1.54) is 0 Å². The van der Waals surface area contributed by atoms with Gasteiger partial charge in [-0.05, 0) is 32.4 Å². The highest BCUT2D eigenvalue weighted by molar-refractivity contribution is 7.99. The second-order valence-corrected chi connectivity index (χ2v) is 5.78. The largest absolute Gasteiger partial charge is 0.395 e. The Morgan fingerprint density at radius 1 is 1.62 bits per heavy atom. The van der Waals surface area contributed by atoms with Crippen molar-refractivity contribution in [3.05, 3.63) is 0 Å². The summed E-state index contributed by atoms with van der Waals surface area (Å²) < 4.78 is 0. The van der Waals surface area contributed by atoms with Gasteiger partial charge in [-0.1, -0.05) is 0 Å². The summed E-state index contributed by atoms with van der Waals surface area (Å²) in [5.74, 6) is 0.00204. The molecule has 0 saturated heterocycles. The molecule has 1 aliphatic carbocycles. The fourth-order valence-electron chi connectivity index (χ4n) is 1.96. The summed E-state index contributed by atoms with van der Waals surface area (Å²) in [5.41, 5.74) is 5.74. The van der Waals surface area contributed by atoms with Crippen LogP contribution in [-0.4, -0.2) is 40.7 Å². The fourth-order valence-corrected chi connectivity index (χ4v) is 2.59. The summed E-state index contributed by atoms with van der Waals surface area (Å²) in [4.78, 5) is 11.7. The van der Waals surface area contributed by atoms with E-state index >= 15 is 0 Å². The molecule has 0 aromatic carbocycles. The van der Waals surface area contributed by atoms with Crippen molar-refractivity contribution in [2.75, 3.05) is 12.9 Å². The molecule has 94 valence electrons. The molecule has 0 aliphatic heterocycles. The van der Waals surface area contributed by atoms with Crippen molar-refractivity contribution in [1.82, 2.24) is 5.32 Å². The van der Waals surface area contributed by atoms with Crippen molar-refractivity contribution in [1.29, 1.82) is 0 Å². The van der Waals surface area contributed by atoms with E-state index in [1.807, 2.05) is 13.2 Å². The molecule has 1 amide bonds. The number of hydrogen-bond acceptors (Lipinski definition) is 4. The maximum Gasteiger partial charge on any atom is 0.222 e. The van der Waals surface area contributed by atoms with Gasteiger partial charge in [-0.15, -0.1) is 0 Å². The number of carbonyl (C=O) groups excluding carboxylic acids is 1. The number of aliphatic hydroxyl groups excluding tert-OH is 1. The smallest absolute Gasteiger partial charge is 0.222 e. The molecule has 0 heterocycles. The first-order chi connectivity index (χ1) is 7.50. The third-order valence-electron chi connectivity index (χ3n) is 3.29. The monoisotopic (exact) mass is 246 g/mol. The van der Waals surface area contributed by atoms with Gasteiger partial charge in [0, 0.05) is 23.3 Å². The van der Waals surface area contributed by atoms with Crippen LogP contribution in [0.3, 0.4) is 0 Å². The van der Waals surface area contributed by atoms with Gasteiger partial charge in [-0.25, -0.2) is 0 Å². The van der Waals surface area contributed by atoms with Gasteiger partial charge in [0.2, 0.25) is 5.91 Å². The van der Waals surface area contributed by atoms with Crippen molar-refractivity contribution in [3.8, 4) is 0 Å². The third kappa shape index (κ3) is 3.64. The van der Waals surface area contributed by atoms with E-state index in [0.717, 1.165) is 19.3 Å². The van der Waals surface area contributed by atoms with Crippen LogP contribution in [0.15, 0.2) is 0 Å². The highest BCUT2D eigenvalue weighted by Crippen LogP contribution is 2.32. The first-order valence-electron chi connectivity index (χ1n) is 5.72. The summed E-state index contributed by atoms with van der Waals surface area (Å²) >= 11 is 1.56. The van der Waals surface area contributed by atoms with Crippen LogP contribution in [0, 0.1) is 0 Å². The Hall–Kier alpha value is -0.260. The maximum absolute atomic E-state index is 11.7. The molecule has 0 radical (unpaired) electrons. The molecular weight excluding hydrogens is 224 g/mol. The van der Waals surface area contributed by atoms with Gasteiger partial charge in [0.1, 0.15) is 0 Å². The van der Waals surface area contributed by atoms with Gasteiger partial charge >= 0.3 is 0 Å². The lowest BCUT2D eigenvalue weighted by Gasteiger charge is -2.37. The van der Waals surface area contributed by atoms with E-state index in [2.05, 4.69) is 5.32 Å². The van der Waals surface area contributed by atoms with Crippen molar-refractivity contribution in [3.63, 3.8) is 0 Å². The lowest BCUT2D eigenvalue weighted by molar-refractivity contribution is -0.123. The van der Waals surface area contributed by atoms with Crippen molar-refractivity contribution in [2.24, 2.45) is 5.73 Å². The van der Waals surface area contributed by atoms with Gasteiger partial charge in [0.15, 0.2) is 0 Å². The number of rotatable bonds is 6.